The van der Waals surface area contributed by atoms with Crippen molar-refractivity contribution >= 4 is 23.1 Å². The van der Waals surface area contributed by atoms with Crippen LogP contribution in [0, 0.1) is 0 Å². The Bertz CT molecular complexity index is 208. The Balaban J connectivity index is 2.84. The highest BCUT2D eigenvalue weighted by atomic mass is 35.5. The van der Waals surface area contributed by atoms with E-state index in [9.17, 15) is 0 Å². The Labute approximate surface area is 66.5 Å². The zero-order valence-electron chi connectivity index (χ0n) is 5.63. The monoisotopic (exact) mass is 150 g/mol. The summed E-state index contributed by atoms with van der Waals surface area (Å²) in [5, 5.41) is 0. The summed E-state index contributed by atoms with van der Waals surface area (Å²) < 4.78 is 0. The van der Waals surface area contributed by atoms with Crippen molar-refractivity contribution in [1.82, 2.24) is 0 Å². The predicted molar refractivity (Wildman–Crippen MR) is 47.9 cm³/mol. The average Bonchev–Trinajstić information content (AvgIpc) is 2.05. The number of rotatable bonds is 2. The lowest BCUT2D eigenvalue weighted by Crippen LogP contribution is -2.20. The largest absolute Gasteiger partial charge is 0.307 e. The van der Waals surface area contributed by atoms with Gasteiger partial charge in [-0.2, -0.15) is 11.5 Å². The summed E-state index contributed by atoms with van der Waals surface area (Å²) in [7, 11) is 0. The zero-order valence-corrected chi connectivity index (χ0v) is 6.38. The summed E-state index contributed by atoms with van der Waals surface area (Å²) in [5.41, 5.74) is 1.10. The maximum Gasteiger partial charge on any atom is 0.307 e. The van der Waals surface area contributed by atoms with E-state index in [2.05, 4.69) is 6.58 Å². The molecule has 0 aromatic heterocycles. The van der Waals surface area contributed by atoms with Gasteiger partial charge in [-0.3, -0.25) is 0 Å². The number of benzene rings is 1. The average molecular weight is 150 g/mol. The van der Waals surface area contributed by atoms with Crippen molar-refractivity contribution in [2.45, 2.75) is 0 Å². The van der Waals surface area contributed by atoms with Crippen LogP contribution in [0.2, 0.25) is 0 Å². The quantitative estimate of drug-likeness (QED) is 0.565. The Hall–Kier alpha value is -0.685. The van der Waals surface area contributed by atoms with Gasteiger partial charge in [0.15, 0.2) is 0 Å². The lowest BCUT2D eigenvalue weighted by Gasteiger charge is -1.97. The van der Waals surface area contributed by atoms with E-state index in [1.165, 1.54) is 0 Å². The van der Waals surface area contributed by atoms with E-state index < -0.39 is 0 Å². The van der Waals surface area contributed by atoms with E-state index in [-0.39, 0.29) is 6.13 Å². The van der Waals surface area contributed by atoms with Crippen LogP contribution in [0.15, 0.2) is 42.9 Å². The zero-order chi connectivity index (χ0) is 7.40. The molecule has 0 heterocycles. The van der Waals surface area contributed by atoms with Gasteiger partial charge in [0.05, 0.1) is 0 Å². The molecule has 0 N–H and O–H groups in total. The van der Waals surface area contributed by atoms with Crippen molar-refractivity contribution in [1.29, 1.82) is 0 Å². The van der Waals surface area contributed by atoms with Crippen molar-refractivity contribution in [3.8, 4) is 0 Å². The first-order valence-electron chi connectivity index (χ1n) is 3.16. The predicted octanol–water partition coefficient (Wildman–Crippen LogP) is 1.85. The number of halogens is 1. The van der Waals surface area contributed by atoms with Crippen LogP contribution in [-0.4, -0.2) is 6.13 Å². The Morgan fingerprint density at radius 2 is 1.90 bits per heavy atom. The molecular weight excluding hydrogens is 142 g/mol. The van der Waals surface area contributed by atoms with Crippen LogP contribution in [0.4, 0.5) is 0 Å². The second-order valence-electron chi connectivity index (χ2n) is 2.05. The summed E-state index contributed by atoms with van der Waals surface area (Å²) in [4.78, 5) is 0. The molecule has 0 atom stereocenters. The smallest absolute Gasteiger partial charge is 0.183 e. The molecule has 1 rings (SSSR count). The first-order valence-corrected chi connectivity index (χ1v) is 3.60. The van der Waals surface area contributed by atoms with Gasteiger partial charge in [-0.05, 0) is 0 Å². The molecule has 0 spiro atoms. The third-order valence-corrected chi connectivity index (χ3v) is 1.76. The van der Waals surface area contributed by atoms with Gasteiger partial charge in [0, 0.05) is 0 Å². The third-order valence-electron chi connectivity index (χ3n) is 1.32. The number of hydrogen-bond donors (Lipinski definition) is 0. The van der Waals surface area contributed by atoms with E-state index in [1.54, 1.807) is 5.98 Å². The van der Waals surface area contributed by atoms with Gasteiger partial charge in [0.2, 0.25) is 0 Å². The third kappa shape index (κ3) is 1.65. The summed E-state index contributed by atoms with van der Waals surface area (Å²) in [6.07, 6.45) is -0.0544. The Morgan fingerprint density at radius 1 is 1.30 bits per heavy atom. The van der Waals surface area contributed by atoms with Crippen molar-refractivity contribution in [3.63, 3.8) is 0 Å². The first kappa shape index (κ1) is 7.42. The second kappa shape index (κ2) is 3.48. The molecule has 0 saturated heterocycles. The fourth-order valence-corrected chi connectivity index (χ4v) is 0.918. The van der Waals surface area contributed by atoms with Gasteiger partial charge in [-0.15, -0.1) is 12.6 Å². The lowest BCUT2D eigenvalue weighted by atomic mass is 9.69. The van der Waals surface area contributed by atoms with Crippen molar-refractivity contribution in [2.75, 3.05) is 0 Å². The molecule has 1 aromatic carbocycles. The van der Waals surface area contributed by atoms with Gasteiger partial charge < -0.3 is 0 Å². The molecular formula is C8H8BCl. The topological polar surface area (TPSA) is 0 Å². The van der Waals surface area contributed by atoms with Gasteiger partial charge in [-0.25, -0.2) is 0 Å². The van der Waals surface area contributed by atoms with Gasteiger partial charge in [0.25, 0.3) is 0 Å². The first-order chi connectivity index (χ1) is 4.84. The van der Waals surface area contributed by atoms with E-state index >= 15 is 0 Å². The SMILES string of the molecule is C=CB(Cl)c1ccccc1. The van der Waals surface area contributed by atoms with Gasteiger partial charge >= 0.3 is 6.13 Å². The second-order valence-corrected chi connectivity index (χ2v) is 2.52. The standard InChI is InChI=1S/C8H8BCl/c1-2-9(10)8-6-4-3-5-7-8/h2-7H,1H2. The van der Waals surface area contributed by atoms with Crippen LogP contribution in [0.25, 0.3) is 0 Å². The molecule has 10 heavy (non-hydrogen) atoms. The maximum atomic E-state index is 5.87. The lowest BCUT2D eigenvalue weighted by molar-refractivity contribution is 1.77. The minimum atomic E-state index is -0.0544. The molecule has 0 fully saturated rings. The molecule has 50 valence electrons. The molecule has 0 aliphatic heterocycles. The Kier molecular flexibility index (Phi) is 2.58. The minimum Gasteiger partial charge on any atom is -0.183 e. The molecule has 0 nitrogen and oxygen atoms in total. The maximum absolute atomic E-state index is 5.87. The van der Waals surface area contributed by atoms with Crippen LogP contribution in [0.1, 0.15) is 0 Å². The molecule has 2 heteroatoms. The van der Waals surface area contributed by atoms with Gasteiger partial charge in [0.1, 0.15) is 0 Å². The van der Waals surface area contributed by atoms with Crippen LogP contribution in [0.5, 0.6) is 0 Å². The highest BCUT2D eigenvalue weighted by molar-refractivity contribution is 7.17. The fourth-order valence-electron chi connectivity index (χ4n) is 0.773. The molecule has 0 aliphatic carbocycles. The Morgan fingerprint density at radius 3 is 2.40 bits per heavy atom. The summed E-state index contributed by atoms with van der Waals surface area (Å²) in [5.74, 6) is 1.72. The highest BCUT2D eigenvalue weighted by Gasteiger charge is 2.05. The molecule has 0 bridgehead atoms. The summed E-state index contributed by atoms with van der Waals surface area (Å²) in [6, 6.07) is 9.87. The normalized spacial score (nSPS) is 8.90. The van der Waals surface area contributed by atoms with Crippen LogP contribution in [-0.2, 0) is 0 Å². The van der Waals surface area contributed by atoms with Crippen LogP contribution in [0.3, 0.4) is 0 Å². The highest BCUT2D eigenvalue weighted by Crippen LogP contribution is 1.92. The van der Waals surface area contributed by atoms with Crippen molar-refractivity contribution in [3.05, 3.63) is 42.9 Å². The molecule has 0 aliphatic rings. The van der Waals surface area contributed by atoms with Gasteiger partial charge in [-0.1, -0.05) is 35.8 Å². The van der Waals surface area contributed by atoms with E-state index in [1.807, 2.05) is 30.3 Å². The van der Waals surface area contributed by atoms with Crippen LogP contribution < -0.4 is 5.46 Å². The number of hydrogen-bond acceptors (Lipinski definition) is 0. The van der Waals surface area contributed by atoms with Crippen LogP contribution >= 0.6 is 11.5 Å². The molecule has 0 unspecified atom stereocenters. The summed E-state index contributed by atoms with van der Waals surface area (Å²) >= 11 is 5.87. The molecule has 1 aromatic rings. The molecule has 0 amide bonds. The molecule has 0 saturated carbocycles. The fraction of sp³-hybridized carbons (Fsp3) is 0. The minimum absolute atomic E-state index is 0.0544. The van der Waals surface area contributed by atoms with E-state index in [4.69, 9.17) is 11.5 Å². The van der Waals surface area contributed by atoms with E-state index in [0.29, 0.717) is 0 Å². The summed E-state index contributed by atoms with van der Waals surface area (Å²) in [6.45, 7) is 3.61. The molecule has 0 radical (unpaired) electrons. The van der Waals surface area contributed by atoms with Crippen molar-refractivity contribution in [2.24, 2.45) is 0 Å². The van der Waals surface area contributed by atoms with Crippen molar-refractivity contribution < 1.29 is 0 Å². The van der Waals surface area contributed by atoms with E-state index in [0.717, 1.165) is 5.46 Å².